The predicted molar refractivity (Wildman–Crippen MR) is 110 cm³/mol. The molecular formula is C21H32ClN3O2. The highest BCUT2D eigenvalue weighted by molar-refractivity contribution is 5.94. The van der Waals surface area contributed by atoms with Crippen LogP contribution in [0.1, 0.15) is 55.5 Å². The second-order valence-electron chi connectivity index (χ2n) is 8.23. The average Bonchev–Trinajstić information content (AvgIpc) is 2.98. The van der Waals surface area contributed by atoms with Crippen LogP contribution in [0.15, 0.2) is 24.3 Å². The number of piperidine rings is 1. The van der Waals surface area contributed by atoms with Gasteiger partial charge in [0.15, 0.2) is 0 Å². The topological polar surface area (TPSA) is 52.7 Å². The second-order valence-corrected chi connectivity index (χ2v) is 8.23. The number of carbonyl (C=O) groups excluding carboxylic acids is 2. The van der Waals surface area contributed by atoms with E-state index >= 15 is 0 Å². The van der Waals surface area contributed by atoms with E-state index in [0.717, 1.165) is 24.0 Å². The Kier molecular flexibility index (Phi) is 7.29. The molecule has 0 spiro atoms. The molecule has 5 nitrogen and oxygen atoms in total. The Balaban J connectivity index is 0.00000261. The largest absolute Gasteiger partial charge is 0.341 e. The molecule has 0 aromatic heterocycles. The lowest BCUT2D eigenvalue weighted by molar-refractivity contribution is -0.133. The molecule has 1 aromatic rings. The first-order valence-electron chi connectivity index (χ1n) is 9.72. The molecule has 150 valence electrons. The van der Waals surface area contributed by atoms with Crippen LogP contribution in [-0.2, 0) is 11.3 Å². The fraction of sp³-hybridized carbons (Fsp3) is 0.619. The number of benzene rings is 1. The number of fused-ring (bicyclic) bond motifs is 2. The molecule has 2 aliphatic rings. The Morgan fingerprint density at radius 3 is 2.15 bits per heavy atom. The lowest BCUT2D eigenvalue weighted by Gasteiger charge is -2.35. The zero-order chi connectivity index (χ0) is 18.8. The van der Waals surface area contributed by atoms with Gasteiger partial charge in [-0.3, -0.25) is 9.59 Å². The van der Waals surface area contributed by atoms with Crippen LogP contribution in [-0.4, -0.2) is 53.8 Å². The number of carbonyl (C=O) groups is 2. The summed E-state index contributed by atoms with van der Waals surface area (Å²) in [6, 6.07) is 9.16. The number of hydrogen-bond acceptors (Lipinski definition) is 3. The molecule has 6 heteroatoms. The van der Waals surface area contributed by atoms with Crippen molar-refractivity contribution in [1.82, 2.24) is 15.1 Å². The third-order valence-corrected chi connectivity index (χ3v) is 5.81. The number of nitrogens with one attached hydrogen (secondary N) is 1. The Hall–Kier alpha value is -1.59. The van der Waals surface area contributed by atoms with E-state index in [-0.39, 0.29) is 30.1 Å². The van der Waals surface area contributed by atoms with Gasteiger partial charge in [-0.1, -0.05) is 26.0 Å². The fourth-order valence-corrected chi connectivity index (χ4v) is 4.26. The van der Waals surface area contributed by atoms with E-state index < -0.39 is 0 Å². The minimum absolute atomic E-state index is 0. The van der Waals surface area contributed by atoms with Gasteiger partial charge >= 0.3 is 0 Å². The normalized spacial score (nSPS) is 23.7. The van der Waals surface area contributed by atoms with E-state index in [4.69, 9.17) is 0 Å². The standard InChI is InChI=1S/C21H31N3O2.ClH/c1-14(2)20(25)23(3)13-15-5-7-16(8-6-15)21(26)24(4)19-11-17-9-10-18(12-19)22-17;/h5-8,14,17-19,22H,9-13H2,1-4H3;1H. The zero-order valence-corrected chi connectivity index (χ0v) is 17.6. The van der Waals surface area contributed by atoms with Crippen molar-refractivity contribution in [3.8, 4) is 0 Å². The molecule has 3 rings (SSSR count). The minimum atomic E-state index is -0.00484. The van der Waals surface area contributed by atoms with Crippen molar-refractivity contribution in [3.05, 3.63) is 35.4 Å². The van der Waals surface area contributed by atoms with Gasteiger partial charge in [0.2, 0.25) is 5.91 Å². The first-order chi connectivity index (χ1) is 12.3. The summed E-state index contributed by atoms with van der Waals surface area (Å²) in [6.07, 6.45) is 4.58. The molecule has 0 saturated carbocycles. The van der Waals surface area contributed by atoms with E-state index in [1.165, 1.54) is 12.8 Å². The summed E-state index contributed by atoms with van der Waals surface area (Å²) in [4.78, 5) is 28.5. The first-order valence-corrected chi connectivity index (χ1v) is 9.72. The van der Waals surface area contributed by atoms with E-state index in [1.807, 2.05) is 57.1 Å². The monoisotopic (exact) mass is 393 g/mol. The van der Waals surface area contributed by atoms with Crippen molar-refractivity contribution in [2.24, 2.45) is 5.92 Å². The van der Waals surface area contributed by atoms with Gasteiger partial charge in [-0.25, -0.2) is 0 Å². The molecule has 2 fully saturated rings. The molecule has 1 aromatic carbocycles. The van der Waals surface area contributed by atoms with Gasteiger partial charge in [-0.15, -0.1) is 12.4 Å². The van der Waals surface area contributed by atoms with Crippen LogP contribution < -0.4 is 5.32 Å². The van der Waals surface area contributed by atoms with Gasteiger partial charge in [0, 0.05) is 50.2 Å². The number of nitrogens with zero attached hydrogens (tertiary/aromatic N) is 2. The summed E-state index contributed by atoms with van der Waals surface area (Å²) < 4.78 is 0. The maximum Gasteiger partial charge on any atom is 0.253 e. The van der Waals surface area contributed by atoms with Gasteiger partial charge in [0.25, 0.3) is 5.91 Å². The number of halogens is 1. The number of hydrogen-bond donors (Lipinski definition) is 1. The van der Waals surface area contributed by atoms with E-state index in [0.29, 0.717) is 24.7 Å². The summed E-state index contributed by atoms with van der Waals surface area (Å²) >= 11 is 0. The average molecular weight is 394 g/mol. The van der Waals surface area contributed by atoms with Crippen LogP contribution in [0, 0.1) is 5.92 Å². The Morgan fingerprint density at radius 2 is 1.63 bits per heavy atom. The lowest BCUT2D eigenvalue weighted by atomic mass is 9.98. The molecule has 2 atom stereocenters. The summed E-state index contributed by atoms with van der Waals surface area (Å²) in [5.74, 6) is 0.217. The molecule has 0 aliphatic carbocycles. The maximum atomic E-state index is 12.8. The van der Waals surface area contributed by atoms with Gasteiger partial charge < -0.3 is 15.1 Å². The van der Waals surface area contributed by atoms with Gasteiger partial charge in [-0.2, -0.15) is 0 Å². The van der Waals surface area contributed by atoms with Crippen LogP contribution in [0.3, 0.4) is 0 Å². The Bertz CT molecular complexity index is 650. The molecule has 2 amide bonds. The molecule has 2 unspecified atom stereocenters. The van der Waals surface area contributed by atoms with E-state index in [1.54, 1.807) is 4.90 Å². The van der Waals surface area contributed by atoms with Gasteiger partial charge in [-0.05, 0) is 43.4 Å². The lowest BCUT2D eigenvalue weighted by Crippen LogP contribution is -2.48. The molecule has 2 saturated heterocycles. The molecule has 1 N–H and O–H groups in total. The summed E-state index contributed by atoms with van der Waals surface area (Å²) in [7, 11) is 3.75. The van der Waals surface area contributed by atoms with Crippen molar-refractivity contribution < 1.29 is 9.59 Å². The van der Waals surface area contributed by atoms with Crippen molar-refractivity contribution in [3.63, 3.8) is 0 Å². The van der Waals surface area contributed by atoms with Crippen molar-refractivity contribution >= 4 is 24.2 Å². The minimum Gasteiger partial charge on any atom is -0.341 e. The van der Waals surface area contributed by atoms with Crippen LogP contribution in [0.5, 0.6) is 0 Å². The molecule has 0 radical (unpaired) electrons. The molecule has 2 aliphatic heterocycles. The third-order valence-electron chi connectivity index (χ3n) is 5.81. The quantitative estimate of drug-likeness (QED) is 0.836. The molecule has 2 bridgehead atoms. The molecule has 2 heterocycles. The second kappa shape index (κ2) is 9.07. The number of amides is 2. The van der Waals surface area contributed by atoms with Gasteiger partial charge in [0.1, 0.15) is 0 Å². The number of rotatable bonds is 5. The smallest absolute Gasteiger partial charge is 0.253 e. The van der Waals surface area contributed by atoms with Crippen molar-refractivity contribution in [2.45, 2.75) is 64.2 Å². The SMILES string of the molecule is CC(C)C(=O)N(C)Cc1ccc(C(=O)N(C)C2CC3CCC(C2)N3)cc1.Cl. The van der Waals surface area contributed by atoms with Crippen LogP contribution in [0.25, 0.3) is 0 Å². The van der Waals surface area contributed by atoms with Gasteiger partial charge in [0.05, 0.1) is 0 Å². The first kappa shape index (κ1) is 21.7. The fourth-order valence-electron chi connectivity index (χ4n) is 4.26. The van der Waals surface area contributed by atoms with Crippen LogP contribution in [0.2, 0.25) is 0 Å². The molecular weight excluding hydrogens is 362 g/mol. The highest BCUT2D eigenvalue weighted by Gasteiger charge is 2.36. The predicted octanol–water partition coefficient (Wildman–Crippen LogP) is 3.08. The van der Waals surface area contributed by atoms with Crippen molar-refractivity contribution in [2.75, 3.05) is 14.1 Å². The maximum absolute atomic E-state index is 12.8. The van der Waals surface area contributed by atoms with E-state index in [9.17, 15) is 9.59 Å². The highest BCUT2D eigenvalue weighted by atomic mass is 35.5. The van der Waals surface area contributed by atoms with Crippen LogP contribution >= 0.6 is 12.4 Å². The highest BCUT2D eigenvalue weighted by Crippen LogP contribution is 2.29. The molecule has 27 heavy (non-hydrogen) atoms. The van der Waals surface area contributed by atoms with Crippen molar-refractivity contribution in [1.29, 1.82) is 0 Å². The van der Waals surface area contributed by atoms with E-state index in [2.05, 4.69) is 5.32 Å². The van der Waals surface area contributed by atoms with Crippen LogP contribution in [0.4, 0.5) is 0 Å². The zero-order valence-electron chi connectivity index (χ0n) is 16.8. The summed E-state index contributed by atoms with van der Waals surface area (Å²) in [5.41, 5.74) is 1.76. The Morgan fingerprint density at radius 1 is 1.07 bits per heavy atom. The summed E-state index contributed by atoms with van der Waals surface area (Å²) in [5, 5.41) is 3.63. The Labute approximate surface area is 168 Å². The summed E-state index contributed by atoms with van der Waals surface area (Å²) in [6.45, 7) is 4.38. The third kappa shape index (κ3) is 5.02.